The molecule has 0 fully saturated rings. The van der Waals surface area contributed by atoms with Gasteiger partial charge >= 0.3 is 0 Å². The van der Waals surface area contributed by atoms with E-state index in [0.717, 1.165) is 5.69 Å². The van der Waals surface area contributed by atoms with Crippen LogP contribution in [0.25, 0.3) is 0 Å². The quantitative estimate of drug-likeness (QED) is 0.609. The molecule has 0 atom stereocenters. The molecule has 4 heteroatoms. The molecule has 0 amide bonds. The van der Waals surface area contributed by atoms with Crippen molar-refractivity contribution < 1.29 is 0 Å². The summed E-state index contributed by atoms with van der Waals surface area (Å²) in [6.07, 6.45) is 3.31. The molecule has 0 unspecified atom stereocenters. The number of H-pyrrole nitrogens is 1. The third-order valence-electron chi connectivity index (χ3n) is 0.699. The Kier molecular flexibility index (Phi) is 3.65. The first-order valence-electron chi connectivity index (χ1n) is 1.96. The van der Waals surface area contributed by atoms with Crippen molar-refractivity contribution in [2.24, 2.45) is 0 Å². The summed E-state index contributed by atoms with van der Waals surface area (Å²) in [4.78, 5) is 6.60. The fraction of sp³-hybridized carbons (Fsp3) is 0.250. The lowest BCUT2D eigenvalue weighted by atomic mass is 10.6. The maximum atomic E-state index is 5.40. The largest absolute Gasteiger partial charge is 0.348 e. The van der Waals surface area contributed by atoms with Crippen molar-refractivity contribution in [2.75, 3.05) is 0 Å². The molecule has 0 saturated carbocycles. The first-order valence-corrected chi connectivity index (χ1v) is 2.50. The van der Waals surface area contributed by atoms with E-state index in [4.69, 9.17) is 11.6 Å². The predicted octanol–water partition coefficient (Wildman–Crippen LogP) is 1.57. The van der Waals surface area contributed by atoms with Crippen LogP contribution in [0.15, 0.2) is 12.5 Å². The summed E-state index contributed by atoms with van der Waals surface area (Å²) >= 11 is 5.40. The smallest absolute Gasteiger partial charge is 0.0922 e. The first kappa shape index (κ1) is 7.79. The second-order valence-electron chi connectivity index (χ2n) is 1.21. The number of rotatable bonds is 1. The Balaban J connectivity index is 0.000000490. The number of aromatic amines is 1. The van der Waals surface area contributed by atoms with Crippen molar-refractivity contribution in [1.82, 2.24) is 9.97 Å². The molecule has 46 valence electrons. The molecule has 1 rings (SSSR count). The van der Waals surface area contributed by atoms with Crippen LogP contribution in [-0.4, -0.2) is 9.97 Å². The third kappa shape index (κ3) is 1.72. The fourth-order valence-electron chi connectivity index (χ4n) is 0.358. The summed E-state index contributed by atoms with van der Waals surface area (Å²) in [5, 5.41) is 0. The number of aromatic nitrogens is 2. The summed E-state index contributed by atoms with van der Waals surface area (Å²) in [5.74, 6) is 0.514. The zero-order chi connectivity index (χ0) is 5.11. The highest BCUT2D eigenvalue weighted by Gasteiger charge is 1.84. The molecule has 2 nitrogen and oxygen atoms in total. The highest BCUT2D eigenvalue weighted by Crippen LogP contribution is 1.93. The summed E-state index contributed by atoms with van der Waals surface area (Å²) in [6.45, 7) is 0. The average molecular weight is 153 g/mol. The van der Waals surface area contributed by atoms with E-state index in [-0.39, 0.29) is 12.4 Å². The summed E-state index contributed by atoms with van der Waals surface area (Å²) in [6, 6.07) is 0. The lowest BCUT2D eigenvalue weighted by molar-refractivity contribution is 1.22. The lowest BCUT2D eigenvalue weighted by Gasteiger charge is -1.77. The Morgan fingerprint density at radius 1 is 1.75 bits per heavy atom. The standard InChI is InChI=1S/C4H5ClN2.ClH/c5-1-4-2-6-3-7-4;/h2-3H,1H2,(H,6,7);1H. The number of imidazole rings is 1. The number of halogens is 2. The second kappa shape index (κ2) is 3.75. The molecule has 8 heavy (non-hydrogen) atoms. The van der Waals surface area contributed by atoms with E-state index in [1.165, 1.54) is 0 Å². The number of hydrogen-bond acceptors (Lipinski definition) is 1. The number of hydrogen-bond donors (Lipinski definition) is 1. The van der Waals surface area contributed by atoms with Crippen LogP contribution in [0, 0.1) is 0 Å². The van der Waals surface area contributed by atoms with E-state index >= 15 is 0 Å². The van der Waals surface area contributed by atoms with Gasteiger partial charge in [0.25, 0.3) is 0 Å². The van der Waals surface area contributed by atoms with Crippen LogP contribution in [0.3, 0.4) is 0 Å². The second-order valence-corrected chi connectivity index (χ2v) is 1.48. The number of nitrogens with zero attached hydrogens (tertiary/aromatic N) is 1. The molecule has 0 saturated heterocycles. The van der Waals surface area contributed by atoms with Crippen molar-refractivity contribution >= 4 is 24.0 Å². The van der Waals surface area contributed by atoms with E-state index in [0.29, 0.717) is 5.88 Å². The Labute approximate surface area is 58.7 Å². The number of nitrogens with one attached hydrogen (secondary N) is 1. The predicted molar refractivity (Wildman–Crippen MR) is 35.4 cm³/mol. The monoisotopic (exact) mass is 152 g/mol. The minimum atomic E-state index is 0. The van der Waals surface area contributed by atoms with Gasteiger partial charge in [0.1, 0.15) is 0 Å². The van der Waals surface area contributed by atoms with Crippen LogP contribution in [-0.2, 0) is 5.88 Å². The Bertz CT molecular complexity index is 127. The summed E-state index contributed by atoms with van der Waals surface area (Å²) in [5.41, 5.74) is 0.960. The molecule has 0 bridgehead atoms. The molecular weight excluding hydrogens is 147 g/mol. The molecule has 0 spiro atoms. The maximum absolute atomic E-state index is 5.40. The van der Waals surface area contributed by atoms with Gasteiger partial charge < -0.3 is 4.98 Å². The van der Waals surface area contributed by atoms with Crippen LogP contribution in [0.2, 0.25) is 0 Å². The molecule has 1 aromatic rings. The summed E-state index contributed by atoms with van der Waals surface area (Å²) < 4.78 is 0. The lowest BCUT2D eigenvalue weighted by Crippen LogP contribution is -1.70. The Morgan fingerprint density at radius 2 is 2.50 bits per heavy atom. The van der Waals surface area contributed by atoms with E-state index in [1.54, 1.807) is 12.5 Å². The SMILES string of the molecule is Cl.ClCc1cnc[nH]1. The normalized spacial score (nSPS) is 8.12. The molecule has 1 N–H and O–H groups in total. The molecular formula is C4H6Cl2N2. The van der Waals surface area contributed by atoms with Crippen molar-refractivity contribution in [3.63, 3.8) is 0 Å². The molecule has 0 aliphatic heterocycles. The summed E-state index contributed by atoms with van der Waals surface area (Å²) in [7, 11) is 0. The van der Waals surface area contributed by atoms with Crippen LogP contribution >= 0.6 is 24.0 Å². The zero-order valence-corrected chi connectivity index (χ0v) is 5.67. The van der Waals surface area contributed by atoms with Gasteiger partial charge in [-0.1, -0.05) is 0 Å². The van der Waals surface area contributed by atoms with Gasteiger partial charge in [-0.15, -0.1) is 24.0 Å². The minimum Gasteiger partial charge on any atom is -0.348 e. The van der Waals surface area contributed by atoms with Gasteiger partial charge in [-0.2, -0.15) is 0 Å². The van der Waals surface area contributed by atoms with Gasteiger partial charge in [0.05, 0.1) is 12.2 Å². The van der Waals surface area contributed by atoms with E-state index in [1.807, 2.05) is 0 Å². The van der Waals surface area contributed by atoms with Crippen molar-refractivity contribution in [3.05, 3.63) is 18.2 Å². The maximum Gasteiger partial charge on any atom is 0.0922 e. The molecule has 1 heterocycles. The molecule has 1 aromatic heterocycles. The molecule has 0 aliphatic rings. The highest BCUT2D eigenvalue weighted by atomic mass is 35.5. The zero-order valence-electron chi connectivity index (χ0n) is 4.10. The van der Waals surface area contributed by atoms with E-state index < -0.39 is 0 Å². The molecule has 0 aliphatic carbocycles. The van der Waals surface area contributed by atoms with Gasteiger partial charge in [0, 0.05) is 11.9 Å². The van der Waals surface area contributed by atoms with E-state index in [2.05, 4.69) is 9.97 Å². The van der Waals surface area contributed by atoms with Gasteiger partial charge in [-0.25, -0.2) is 4.98 Å². The van der Waals surface area contributed by atoms with Gasteiger partial charge in [-0.3, -0.25) is 0 Å². The fourth-order valence-corrected chi connectivity index (χ4v) is 0.504. The minimum absolute atomic E-state index is 0. The van der Waals surface area contributed by atoms with Crippen LogP contribution in [0.1, 0.15) is 5.69 Å². The third-order valence-corrected chi connectivity index (χ3v) is 0.987. The van der Waals surface area contributed by atoms with Crippen molar-refractivity contribution in [2.45, 2.75) is 5.88 Å². The van der Waals surface area contributed by atoms with Crippen LogP contribution in [0.4, 0.5) is 0 Å². The molecule has 0 aromatic carbocycles. The highest BCUT2D eigenvalue weighted by molar-refractivity contribution is 6.16. The first-order chi connectivity index (χ1) is 3.43. The average Bonchev–Trinajstić information content (AvgIpc) is 2.14. The van der Waals surface area contributed by atoms with Gasteiger partial charge in [0.2, 0.25) is 0 Å². The topological polar surface area (TPSA) is 28.7 Å². The Morgan fingerprint density at radius 3 is 2.75 bits per heavy atom. The van der Waals surface area contributed by atoms with Crippen LogP contribution in [0.5, 0.6) is 0 Å². The van der Waals surface area contributed by atoms with Gasteiger partial charge in [-0.05, 0) is 0 Å². The van der Waals surface area contributed by atoms with Crippen molar-refractivity contribution in [3.8, 4) is 0 Å². The molecule has 0 radical (unpaired) electrons. The van der Waals surface area contributed by atoms with Crippen LogP contribution < -0.4 is 0 Å². The Hall–Kier alpha value is -0.210. The van der Waals surface area contributed by atoms with E-state index in [9.17, 15) is 0 Å². The van der Waals surface area contributed by atoms with Gasteiger partial charge in [0.15, 0.2) is 0 Å². The number of alkyl halides is 1. The van der Waals surface area contributed by atoms with Crippen molar-refractivity contribution in [1.29, 1.82) is 0 Å².